The Morgan fingerprint density at radius 1 is 1.19 bits per heavy atom. The molecule has 0 fully saturated rings. The molecular weight excluding hydrogens is 313 g/mol. The molecule has 2 aromatic rings. The topological polar surface area (TPSA) is 46.2 Å². The first kappa shape index (κ1) is 15.7. The van der Waals surface area contributed by atoms with Crippen molar-refractivity contribution in [3.05, 3.63) is 64.9 Å². The molecule has 2 aromatic carbocycles. The second-order valence-corrected chi connectivity index (χ2v) is 6.31. The minimum Gasteiger partial charge on any atom is -0.325 e. The lowest BCUT2D eigenvalue weighted by molar-refractivity contribution is -0.113. The lowest BCUT2D eigenvalue weighted by Crippen LogP contribution is -2.20. The summed E-state index contributed by atoms with van der Waals surface area (Å²) in [5.41, 5.74) is 1.15. The van der Waals surface area contributed by atoms with Crippen molar-refractivity contribution >= 4 is 34.0 Å². The fourth-order valence-corrected chi connectivity index (χ4v) is 3.00. The van der Waals surface area contributed by atoms with E-state index in [-0.39, 0.29) is 11.5 Å². The minimum absolute atomic E-state index is 0.150. The van der Waals surface area contributed by atoms with E-state index in [1.807, 2.05) is 0 Å². The van der Waals surface area contributed by atoms with Gasteiger partial charge in [0, 0.05) is 27.3 Å². The Kier molecular flexibility index (Phi) is 5.47. The van der Waals surface area contributed by atoms with E-state index >= 15 is 0 Å². The van der Waals surface area contributed by atoms with E-state index in [0.717, 1.165) is 5.56 Å². The summed E-state index contributed by atoms with van der Waals surface area (Å²) >= 11 is 5.84. The zero-order chi connectivity index (χ0) is 15.2. The third-order valence-electron chi connectivity index (χ3n) is 2.62. The third-order valence-corrected chi connectivity index (χ3v) is 4.09. The summed E-state index contributed by atoms with van der Waals surface area (Å²) < 4.78 is 24.9. The van der Waals surface area contributed by atoms with E-state index in [4.69, 9.17) is 11.6 Å². The van der Waals surface area contributed by atoms with Crippen molar-refractivity contribution < 1.29 is 13.4 Å². The summed E-state index contributed by atoms with van der Waals surface area (Å²) in [6, 6.07) is 12.6. The largest absolute Gasteiger partial charge is 0.325 e. The zero-order valence-corrected chi connectivity index (χ0v) is 12.6. The van der Waals surface area contributed by atoms with Crippen molar-refractivity contribution in [2.75, 3.05) is 11.1 Å². The average Bonchev–Trinajstić information content (AvgIpc) is 2.38. The Morgan fingerprint density at radius 2 is 1.95 bits per heavy atom. The van der Waals surface area contributed by atoms with Crippen LogP contribution in [-0.2, 0) is 21.3 Å². The first-order valence-corrected chi connectivity index (χ1v) is 8.04. The molecule has 110 valence electrons. The predicted octanol–water partition coefficient (Wildman–Crippen LogP) is 3.37. The van der Waals surface area contributed by atoms with Crippen molar-refractivity contribution in [3.8, 4) is 0 Å². The molecule has 2 rings (SSSR count). The van der Waals surface area contributed by atoms with Gasteiger partial charge in [0.2, 0.25) is 5.91 Å². The highest BCUT2D eigenvalue weighted by atomic mass is 35.5. The maximum Gasteiger partial charge on any atom is 0.237 e. The summed E-state index contributed by atoms with van der Waals surface area (Å²) in [5, 5.41) is 3.08. The van der Waals surface area contributed by atoms with Gasteiger partial charge in [-0.05, 0) is 35.9 Å². The molecule has 21 heavy (non-hydrogen) atoms. The molecule has 0 unspecified atom stereocenters. The average molecular weight is 326 g/mol. The Morgan fingerprint density at radius 3 is 2.67 bits per heavy atom. The van der Waals surface area contributed by atoms with Crippen LogP contribution >= 0.6 is 11.6 Å². The number of carbonyl (C=O) groups excluding carboxylic acids is 1. The van der Waals surface area contributed by atoms with Crippen LogP contribution in [-0.4, -0.2) is 15.9 Å². The molecule has 3 nitrogen and oxygen atoms in total. The summed E-state index contributed by atoms with van der Waals surface area (Å²) in [6.45, 7) is 0. The standard InChI is InChI=1S/C15H13ClFNO2S/c16-12-4-1-3-11(7-12)9-21(20)10-15(19)18-14-6-2-5-13(17)8-14/h1-8H,9-10H2,(H,18,19)/t21-/m0/s1. The maximum absolute atomic E-state index is 13.0. The van der Waals surface area contributed by atoms with Crippen molar-refractivity contribution in [3.63, 3.8) is 0 Å². The number of hydrogen-bond donors (Lipinski definition) is 1. The zero-order valence-electron chi connectivity index (χ0n) is 11.0. The normalized spacial score (nSPS) is 11.9. The number of benzene rings is 2. The maximum atomic E-state index is 13.0. The van der Waals surface area contributed by atoms with Crippen LogP contribution in [0.2, 0.25) is 5.02 Å². The third kappa shape index (κ3) is 5.28. The van der Waals surface area contributed by atoms with Crippen LogP contribution in [0.3, 0.4) is 0 Å². The van der Waals surface area contributed by atoms with Crippen LogP contribution in [0, 0.1) is 5.82 Å². The van der Waals surface area contributed by atoms with E-state index < -0.39 is 22.5 Å². The van der Waals surface area contributed by atoms with Crippen LogP contribution in [0.25, 0.3) is 0 Å². The summed E-state index contributed by atoms with van der Waals surface area (Å²) in [4.78, 5) is 11.7. The highest BCUT2D eigenvalue weighted by molar-refractivity contribution is 7.84. The monoisotopic (exact) mass is 325 g/mol. The van der Waals surface area contributed by atoms with Crippen LogP contribution in [0.1, 0.15) is 5.56 Å². The van der Waals surface area contributed by atoms with Gasteiger partial charge in [-0.2, -0.15) is 0 Å². The molecule has 0 saturated heterocycles. The number of carbonyl (C=O) groups is 1. The van der Waals surface area contributed by atoms with Gasteiger partial charge in [-0.15, -0.1) is 0 Å². The lowest BCUT2D eigenvalue weighted by Gasteiger charge is -2.06. The SMILES string of the molecule is O=C(C[S@@](=O)Cc1cccc(Cl)c1)Nc1cccc(F)c1. The molecule has 1 atom stereocenters. The predicted molar refractivity (Wildman–Crippen MR) is 83.2 cm³/mol. The second kappa shape index (κ2) is 7.33. The molecule has 1 N–H and O–H groups in total. The molecule has 0 aliphatic carbocycles. The number of nitrogens with one attached hydrogen (secondary N) is 1. The van der Waals surface area contributed by atoms with Crippen molar-refractivity contribution in [2.45, 2.75) is 5.75 Å². The Bertz CT molecular complexity index is 621. The Balaban J connectivity index is 1.89. The first-order valence-electron chi connectivity index (χ1n) is 6.18. The highest BCUT2D eigenvalue weighted by Gasteiger charge is 2.09. The minimum atomic E-state index is -1.35. The lowest BCUT2D eigenvalue weighted by atomic mass is 10.2. The fraction of sp³-hybridized carbons (Fsp3) is 0.133. The van der Waals surface area contributed by atoms with Crippen LogP contribution in [0.5, 0.6) is 0 Å². The summed E-state index contributed by atoms with van der Waals surface area (Å²) in [7, 11) is -1.35. The van der Waals surface area contributed by atoms with E-state index in [1.165, 1.54) is 18.2 Å². The smallest absolute Gasteiger partial charge is 0.237 e. The van der Waals surface area contributed by atoms with Gasteiger partial charge >= 0.3 is 0 Å². The molecule has 0 saturated carbocycles. The van der Waals surface area contributed by atoms with Gasteiger partial charge < -0.3 is 5.32 Å². The molecule has 1 amide bonds. The quantitative estimate of drug-likeness (QED) is 0.916. The number of halogens is 2. The first-order chi connectivity index (χ1) is 10.0. The van der Waals surface area contributed by atoms with Gasteiger partial charge in [-0.25, -0.2) is 4.39 Å². The summed E-state index contributed by atoms with van der Waals surface area (Å²) in [6.07, 6.45) is 0. The van der Waals surface area contributed by atoms with Gasteiger partial charge in [0.05, 0.1) is 0 Å². The Hall–Kier alpha value is -1.72. The molecule has 6 heteroatoms. The van der Waals surface area contributed by atoms with E-state index in [9.17, 15) is 13.4 Å². The van der Waals surface area contributed by atoms with Gasteiger partial charge in [0.1, 0.15) is 11.6 Å². The van der Waals surface area contributed by atoms with Gasteiger partial charge in [-0.1, -0.05) is 29.8 Å². The molecule has 0 aromatic heterocycles. The van der Waals surface area contributed by atoms with Crippen LogP contribution < -0.4 is 5.32 Å². The fourth-order valence-electron chi connectivity index (χ4n) is 1.77. The van der Waals surface area contributed by atoms with E-state index in [1.54, 1.807) is 30.3 Å². The molecule has 0 spiro atoms. The molecule has 0 aliphatic rings. The van der Waals surface area contributed by atoms with Crippen molar-refractivity contribution in [1.82, 2.24) is 0 Å². The van der Waals surface area contributed by atoms with Gasteiger partial charge in [-0.3, -0.25) is 9.00 Å². The van der Waals surface area contributed by atoms with E-state index in [2.05, 4.69) is 5.32 Å². The molecule has 0 radical (unpaired) electrons. The number of rotatable bonds is 5. The van der Waals surface area contributed by atoms with Crippen molar-refractivity contribution in [2.24, 2.45) is 0 Å². The highest BCUT2D eigenvalue weighted by Crippen LogP contribution is 2.13. The van der Waals surface area contributed by atoms with E-state index in [0.29, 0.717) is 10.7 Å². The number of anilines is 1. The van der Waals surface area contributed by atoms with Crippen LogP contribution in [0.15, 0.2) is 48.5 Å². The Labute approximate surface area is 129 Å². The van der Waals surface area contributed by atoms with Crippen LogP contribution in [0.4, 0.5) is 10.1 Å². The molecular formula is C15H13ClFNO2S. The van der Waals surface area contributed by atoms with Gasteiger partial charge in [0.25, 0.3) is 0 Å². The second-order valence-electron chi connectivity index (χ2n) is 4.42. The van der Waals surface area contributed by atoms with Gasteiger partial charge in [0.15, 0.2) is 0 Å². The van der Waals surface area contributed by atoms with Crippen molar-refractivity contribution in [1.29, 1.82) is 0 Å². The summed E-state index contributed by atoms with van der Waals surface area (Å²) in [5.74, 6) is -0.756. The molecule has 0 heterocycles. The number of amides is 1. The molecule has 0 bridgehead atoms. The molecule has 0 aliphatic heterocycles. The number of hydrogen-bond acceptors (Lipinski definition) is 2.